The van der Waals surface area contributed by atoms with Crippen molar-refractivity contribution < 1.29 is 19.1 Å². The topological polar surface area (TPSA) is 84.5 Å². The molecule has 6 heteroatoms. The minimum atomic E-state index is -0.444. The molecule has 0 heterocycles. The summed E-state index contributed by atoms with van der Waals surface area (Å²) in [4.78, 5) is 35.1. The Bertz CT molecular complexity index is 859. The first kappa shape index (κ1) is 19.9. The van der Waals surface area contributed by atoms with Crippen LogP contribution in [0, 0.1) is 0 Å². The third-order valence-corrected chi connectivity index (χ3v) is 3.51. The van der Waals surface area contributed by atoms with E-state index in [2.05, 4.69) is 10.6 Å². The summed E-state index contributed by atoms with van der Waals surface area (Å²) in [7, 11) is 0. The average molecular weight is 366 g/mol. The number of esters is 1. The second-order valence-corrected chi connectivity index (χ2v) is 5.80. The molecule has 0 aromatic heterocycles. The number of hydrogen-bond donors (Lipinski definition) is 2. The predicted molar refractivity (Wildman–Crippen MR) is 103 cm³/mol. The number of carbonyl (C=O) groups excluding carboxylic acids is 3. The number of benzene rings is 2. The van der Waals surface area contributed by atoms with Gasteiger partial charge in [0.15, 0.2) is 0 Å². The minimum Gasteiger partial charge on any atom is -0.427 e. The van der Waals surface area contributed by atoms with E-state index < -0.39 is 5.97 Å². The predicted octanol–water partition coefficient (Wildman–Crippen LogP) is 3.45. The molecule has 2 amide bonds. The number of rotatable bonds is 7. The van der Waals surface area contributed by atoms with E-state index in [1.54, 1.807) is 36.4 Å². The Kier molecular flexibility index (Phi) is 7.31. The highest BCUT2D eigenvalue weighted by atomic mass is 16.5. The molecule has 2 rings (SSSR count). The second kappa shape index (κ2) is 9.91. The zero-order valence-corrected chi connectivity index (χ0v) is 15.3. The Labute approximate surface area is 158 Å². The van der Waals surface area contributed by atoms with Crippen molar-refractivity contribution in [2.75, 3.05) is 5.32 Å². The highest BCUT2D eigenvalue weighted by Crippen LogP contribution is 2.14. The van der Waals surface area contributed by atoms with Crippen LogP contribution in [0.2, 0.25) is 0 Å². The maximum atomic E-state index is 12.3. The number of ether oxygens (including phenoxy) is 1. The van der Waals surface area contributed by atoms with Crippen LogP contribution in [-0.2, 0) is 16.1 Å². The van der Waals surface area contributed by atoms with Gasteiger partial charge in [0, 0.05) is 24.7 Å². The highest BCUT2D eigenvalue weighted by molar-refractivity contribution is 5.99. The van der Waals surface area contributed by atoms with E-state index in [9.17, 15) is 14.4 Å². The van der Waals surface area contributed by atoms with Gasteiger partial charge in [-0.1, -0.05) is 31.2 Å². The van der Waals surface area contributed by atoms with Crippen molar-refractivity contribution in [1.29, 1.82) is 0 Å². The van der Waals surface area contributed by atoms with Gasteiger partial charge in [0.25, 0.3) is 5.91 Å². The zero-order chi connectivity index (χ0) is 19.6. The van der Waals surface area contributed by atoms with Crippen LogP contribution in [0.5, 0.6) is 5.75 Å². The molecule has 0 saturated carbocycles. The molecule has 6 nitrogen and oxygen atoms in total. The number of allylic oxidation sites excluding steroid dienone is 1. The lowest BCUT2D eigenvalue weighted by atomic mass is 10.1. The number of amides is 2. The molecule has 140 valence electrons. The quantitative estimate of drug-likeness (QED) is 0.447. The first-order valence-electron chi connectivity index (χ1n) is 8.61. The van der Waals surface area contributed by atoms with E-state index in [0.29, 0.717) is 23.5 Å². The first-order valence-corrected chi connectivity index (χ1v) is 8.61. The molecule has 2 aromatic carbocycles. The fourth-order valence-electron chi connectivity index (χ4n) is 2.32. The third-order valence-electron chi connectivity index (χ3n) is 3.51. The Hall–Kier alpha value is -3.41. The van der Waals surface area contributed by atoms with E-state index in [4.69, 9.17) is 4.74 Å². The van der Waals surface area contributed by atoms with E-state index >= 15 is 0 Å². The highest BCUT2D eigenvalue weighted by Gasteiger charge is 2.08. The van der Waals surface area contributed by atoms with Crippen LogP contribution in [0.3, 0.4) is 0 Å². The fourth-order valence-corrected chi connectivity index (χ4v) is 2.32. The molecule has 0 aliphatic heterocycles. The van der Waals surface area contributed by atoms with Gasteiger partial charge in [-0.3, -0.25) is 14.4 Å². The SMILES string of the molecule is CC/C=C/C(=O)Nc1cccc(CNC(=O)c2cccc(OC(C)=O)c2)c1. The molecule has 0 bridgehead atoms. The Morgan fingerprint density at radius 1 is 1.07 bits per heavy atom. The minimum absolute atomic E-state index is 0.194. The van der Waals surface area contributed by atoms with Crippen LogP contribution < -0.4 is 15.4 Å². The van der Waals surface area contributed by atoms with Crippen LogP contribution in [0.1, 0.15) is 36.2 Å². The zero-order valence-electron chi connectivity index (χ0n) is 15.3. The smallest absolute Gasteiger partial charge is 0.308 e. The Morgan fingerprint density at radius 2 is 1.85 bits per heavy atom. The molecule has 0 spiro atoms. The lowest BCUT2D eigenvalue weighted by Crippen LogP contribution is -2.23. The maximum absolute atomic E-state index is 12.3. The van der Waals surface area contributed by atoms with Crippen LogP contribution in [0.15, 0.2) is 60.7 Å². The molecular formula is C21H22N2O4. The third kappa shape index (κ3) is 6.78. The van der Waals surface area contributed by atoms with Gasteiger partial charge in [0.05, 0.1) is 0 Å². The molecule has 0 fully saturated rings. The second-order valence-electron chi connectivity index (χ2n) is 5.80. The van der Waals surface area contributed by atoms with Crippen molar-refractivity contribution in [2.24, 2.45) is 0 Å². The van der Waals surface area contributed by atoms with Crippen molar-refractivity contribution in [3.63, 3.8) is 0 Å². The van der Waals surface area contributed by atoms with Crippen molar-refractivity contribution >= 4 is 23.5 Å². The monoisotopic (exact) mass is 366 g/mol. The Balaban J connectivity index is 1.97. The van der Waals surface area contributed by atoms with Crippen LogP contribution in [0.4, 0.5) is 5.69 Å². The summed E-state index contributed by atoms with van der Waals surface area (Å²) in [6.45, 7) is 3.55. The summed E-state index contributed by atoms with van der Waals surface area (Å²) >= 11 is 0. The summed E-state index contributed by atoms with van der Waals surface area (Å²) < 4.78 is 4.98. The number of anilines is 1. The van der Waals surface area contributed by atoms with Crippen LogP contribution >= 0.6 is 0 Å². The molecule has 0 radical (unpaired) electrons. The molecule has 0 saturated heterocycles. The lowest BCUT2D eigenvalue weighted by Gasteiger charge is -2.09. The molecule has 0 atom stereocenters. The van der Waals surface area contributed by atoms with Crippen molar-refractivity contribution in [3.05, 3.63) is 71.8 Å². The largest absolute Gasteiger partial charge is 0.427 e. The van der Waals surface area contributed by atoms with E-state index in [1.165, 1.54) is 19.1 Å². The number of nitrogens with one attached hydrogen (secondary N) is 2. The van der Waals surface area contributed by atoms with Crippen molar-refractivity contribution in [3.8, 4) is 5.75 Å². The molecular weight excluding hydrogens is 344 g/mol. The van der Waals surface area contributed by atoms with Gasteiger partial charge in [-0.2, -0.15) is 0 Å². The van der Waals surface area contributed by atoms with Crippen molar-refractivity contribution in [2.45, 2.75) is 26.8 Å². The van der Waals surface area contributed by atoms with E-state index in [-0.39, 0.29) is 11.8 Å². The van der Waals surface area contributed by atoms with E-state index in [1.807, 2.05) is 19.1 Å². The summed E-state index contributed by atoms with van der Waals surface area (Å²) in [5, 5.41) is 5.58. The van der Waals surface area contributed by atoms with Gasteiger partial charge in [-0.05, 0) is 48.4 Å². The van der Waals surface area contributed by atoms with Crippen LogP contribution in [0.25, 0.3) is 0 Å². The molecule has 0 aliphatic rings. The fraction of sp³-hybridized carbons (Fsp3) is 0.190. The lowest BCUT2D eigenvalue weighted by molar-refractivity contribution is -0.131. The Morgan fingerprint density at radius 3 is 2.59 bits per heavy atom. The molecule has 27 heavy (non-hydrogen) atoms. The summed E-state index contributed by atoms with van der Waals surface area (Å²) in [6.07, 6.45) is 4.06. The molecule has 2 N–H and O–H groups in total. The molecule has 0 unspecified atom stereocenters. The molecule has 2 aromatic rings. The standard InChI is InChI=1S/C21H22N2O4/c1-3-4-11-20(25)23-18-9-5-7-16(12-18)14-22-21(26)17-8-6-10-19(13-17)27-15(2)24/h4-13H,3,14H2,1-2H3,(H,22,26)(H,23,25)/b11-4+. The van der Waals surface area contributed by atoms with Crippen molar-refractivity contribution in [1.82, 2.24) is 5.32 Å². The molecule has 0 aliphatic carbocycles. The van der Waals surface area contributed by atoms with Gasteiger partial charge in [0.2, 0.25) is 5.91 Å². The van der Waals surface area contributed by atoms with Gasteiger partial charge in [-0.15, -0.1) is 0 Å². The number of carbonyl (C=O) groups is 3. The van der Waals surface area contributed by atoms with Gasteiger partial charge < -0.3 is 15.4 Å². The summed E-state index contributed by atoms with van der Waals surface area (Å²) in [6, 6.07) is 13.6. The average Bonchev–Trinajstić information content (AvgIpc) is 2.64. The van der Waals surface area contributed by atoms with Gasteiger partial charge >= 0.3 is 5.97 Å². The summed E-state index contributed by atoms with van der Waals surface area (Å²) in [5.74, 6) is -0.607. The van der Waals surface area contributed by atoms with Gasteiger partial charge in [0.1, 0.15) is 5.75 Å². The first-order chi connectivity index (χ1) is 13.0. The van der Waals surface area contributed by atoms with Gasteiger partial charge in [-0.25, -0.2) is 0 Å². The number of hydrogen-bond acceptors (Lipinski definition) is 4. The normalized spacial score (nSPS) is 10.4. The maximum Gasteiger partial charge on any atom is 0.308 e. The van der Waals surface area contributed by atoms with E-state index in [0.717, 1.165) is 12.0 Å². The summed E-state index contributed by atoms with van der Waals surface area (Å²) in [5.41, 5.74) is 1.89. The van der Waals surface area contributed by atoms with Crippen LogP contribution in [-0.4, -0.2) is 17.8 Å².